The fourth-order valence-corrected chi connectivity index (χ4v) is 2.52. The van der Waals surface area contributed by atoms with Crippen LogP contribution >= 0.6 is 0 Å². The first-order valence-corrected chi connectivity index (χ1v) is 7.32. The maximum atomic E-state index is 12.3. The van der Waals surface area contributed by atoms with E-state index in [0.717, 1.165) is 18.4 Å². The molecule has 0 bridgehead atoms. The minimum Gasteiger partial charge on any atom is -0.465 e. The van der Waals surface area contributed by atoms with Crippen molar-refractivity contribution in [3.8, 4) is 0 Å². The largest absolute Gasteiger partial charge is 0.465 e. The van der Waals surface area contributed by atoms with E-state index in [1.54, 1.807) is 6.92 Å². The smallest absolute Gasteiger partial charge is 0.325 e. The number of nitrogens with one attached hydrogen (secondary N) is 1. The molecule has 5 nitrogen and oxygen atoms in total. The molecule has 114 valence electrons. The average molecular weight is 291 g/mol. The SMILES string of the molecule is CCOC(=O)CNC(=O)C1CCCOC1c1ccccc1. The van der Waals surface area contributed by atoms with Gasteiger partial charge in [-0.25, -0.2) is 0 Å². The van der Waals surface area contributed by atoms with Crippen LogP contribution < -0.4 is 5.32 Å². The van der Waals surface area contributed by atoms with Crippen molar-refractivity contribution in [2.75, 3.05) is 19.8 Å². The predicted octanol–water partition coefficient (Wildman–Crippen LogP) is 1.83. The second-order valence-electron chi connectivity index (χ2n) is 4.97. The van der Waals surface area contributed by atoms with Gasteiger partial charge in [-0.15, -0.1) is 0 Å². The molecule has 1 aliphatic rings. The first kappa shape index (κ1) is 15.5. The van der Waals surface area contributed by atoms with Crippen LogP contribution in [-0.4, -0.2) is 31.6 Å². The third-order valence-electron chi connectivity index (χ3n) is 3.50. The number of hydrogen-bond acceptors (Lipinski definition) is 4. The van der Waals surface area contributed by atoms with Gasteiger partial charge in [-0.1, -0.05) is 30.3 Å². The van der Waals surface area contributed by atoms with Crippen molar-refractivity contribution < 1.29 is 19.1 Å². The molecule has 1 aromatic rings. The summed E-state index contributed by atoms with van der Waals surface area (Å²) in [5.74, 6) is -0.842. The van der Waals surface area contributed by atoms with Crippen molar-refractivity contribution in [3.05, 3.63) is 35.9 Å². The Bertz CT molecular complexity index is 474. The summed E-state index contributed by atoms with van der Waals surface area (Å²) in [5, 5.41) is 2.64. The summed E-state index contributed by atoms with van der Waals surface area (Å²) in [4.78, 5) is 23.6. The van der Waals surface area contributed by atoms with Crippen LogP contribution in [0.5, 0.6) is 0 Å². The highest BCUT2D eigenvalue weighted by Crippen LogP contribution is 2.33. The highest BCUT2D eigenvalue weighted by molar-refractivity contribution is 5.84. The number of ether oxygens (including phenoxy) is 2. The number of carbonyl (C=O) groups is 2. The maximum Gasteiger partial charge on any atom is 0.325 e. The molecule has 0 aromatic heterocycles. The monoisotopic (exact) mass is 291 g/mol. The zero-order valence-corrected chi connectivity index (χ0v) is 12.2. The van der Waals surface area contributed by atoms with E-state index in [0.29, 0.717) is 13.2 Å². The molecular weight excluding hydrogens is 270 g/mol. The number of carbonyl (C=O) groups excluding carboxylic acids is 2. The van der Waals surface area contributed by atoms with Gasteiger partial charge in [-0.2, -0.15) is 0 Å². The van der Waals surface area contributed by atoms with Crippen molar-refractivity contribution in [1.29, 1.82) is 0 Å². The van der Waals surface area contributed by atoms with E-state index in [2.05, 4.69) is 5.32 Å². The van der Waals surface area contributed by atoms with Crippen molar-refractivity contribution in [2.45, 2.75) is 25.9 Å². The molecule has 1 aromatic carbocycles. The molecule has 5 heteroatoms. The zero-order chi connectivity index (χ0) is 15.1. The van der Waals surface area contributed by atoms with Gasteiger partial charge in [-0.3, -0.25) is 9.59 Å². The van der Waals surface area contributed by atoms with Gasteiger partial charge in [0.05, 0.1) is 18.6 Å². The Hall–Kier alpha value is -1.88. The van der Waals surface area contributed by atoms with Gasteiger partial charge in [-0.05, 0) is 25.3 Å². The van der Waals surface area contributed by atoms with E-state index in [9.17, 15) is 9.59 Å². The number of amides is 1. The Balaban J connectivity index is 1.98. The summed E-state index contributed by atoms with van der Waals surface area (Å²) in [6.07, 6.45) is 1.36. The molecule has 1 amide bonds. The predicted molar refractivity (Wildman–Crippen MR) is 77.5 cm³/mol. The van der Waals surface area contributed by atoms with E-state index in [4.69, 9.17) is 9.47 Å². The molecule has 1 N–H and O–H groups in total. The van der Waals surface area contributed by atoms with Gasteiger partial charge in [0.2, 0.25) is 5.91 Å². The topological polar surface area (TPSA) is 64.6 Å². The average Bonchev–Trinajstić information content (AvgIpc) is 2.54. The minimum absolute atomic E-state index is 0.0926. The minimum atomic E-state index is -0.418. The van der Waals surface area contributed by atoms with Crippen molar-refractivity contribution >= 4 is 11.9 Å². The summed E-state index contributed by atoms with van der Waals surface area (Å²) in [6, 6.07) is 9.72. The van der Waals surface area contributed by atoms with Gasteiger partial charge in [0.25, 0.3) is 0 Å². The van der Waals surface area contributed by atoms with Crippen molar-refractivity contribution in [1.82, 2.24) is 5.32 Å². The molecule has 0 saturated carbocycles. The van der Waals surface area contributed by atoms with Gasteiger partial charge in [0.15, 0.2) is 0 Å². The number of rotatable bonds is 5. The van der Waals surface area contributed by atoms with Crippen LogP contribution in [0.2, 0.25) is 0 Å². The zero-order valence-electron chi connectivity index (χ0n) is 12.2. The summed E-state index contributed by atoms with van der Waals surface area (Å²) >= 11 is 0. The molecular formula is C16H21NO4. The van der Waals surface area contributed by atoms with E-state index < -0.39 is 5.97 Å². The van der Waals surface area contributed by atoms with Crippen LogP contribution in [0, 0.1) is 5.92 Å². The first-order valence-electron chi connectivity index (χ1n) is 7.32. The van der Waals surface area contributed by atoms with Crippen LogP contribution in [0.25, 0.3) is 0 Å². The summed E-state index contributed by atoms with van der Waals surface area (Å²) in [6.45, 7) is 2.61. The summed E-state index contributed by atoms with van der Waals surface area (Å²) < 4.78 is 10.6. The highest BCUT2D eigenvalue weighted by atomic mass is 16.5. The normalized spacial score (nSPS) is 21.6. The molecule has 0 aliphatic carbocycles. The van der Waals surface area contributed by atoms with Crippen molar-refractivity contribution in [2.24, 2.45) is 5.92 Å². The van der Waals surface area contributed by atoms with Gasteiger partial charge in [0, 0.05) is 6.61 Å². The molecule has 0 spiro atoms. The Kier molecular flexibility index (Phi) is 5.75. The Morgan fingerprint density at radius 1 is 1.33 bits per heavy atom. The van der Waals surface area contributed by atoms with E-state index in [1.807, 2.05) is 30.3 Å². The second-order valence-corrected chi connectivity index (χ2v) is 4.97. The number of hydrogen-bond donors (Lipinski definition) is 1. The quantitative estimate of drug-likeness (QED) is 0.841. The third kappa shape index (κ3) is 4.29. The van der Waals surface area contributed by atoms with E-state index >= 15 is 0 Å². The van der Waals surface area contributed by atoms with Crippen LogP contribution in [0.4, 0.5) is 0 Å². The van der Waals surface area contributed by atoms with Crippen molar-refractivity contribution in [3.63, 3.8) is 0 Å². The summed E-state index contributed by atoms with van der Waals surface area (Å²) in [7, 11) is 0. The fourth-order valence-electron chi connectivity index (χ4n) is 2.52. The molecule has 1 saturated heterocycles. The first-order chi connectivity index (χ1) is 10.2. The molecule has 1 heterocycles. The van der Waals surface area contributed by atoms with Gasteiger partial charge < -0.3 is 14.8 Å². The lowest BCUT2D eigenvalue weighted by atomic mass is 9.89. The van der Waals surface area contributed by atoms with Gasteiger partial charge >= 0.3 is 5.97 Å². The molecule has 1 fully saturated rings. The number of esters is 1. The molecule has 2 unspecified atom stereocenters. The maximum absolute atomic E-state index is 12.3. The van der Waals surface area contributed by atoms with Gasteiger partial charge in [0.1, 0.15) is 6.54 Å². The van der Waals surface area contributed by atoms with E-state index in [1.165, 1.54) is 0 Å². The van der Waals surface area contributed by atoms with Crippen LogP contribution in [0.3, 0.4) is 0 Å². The van der Waals surface area contributed by atoms with E-state index in [-0.39, 0.29) is 24.5 Å². The lowest BCUT2D eigenvalue weighted by Crippen LogP contribution is -2.40. The number of benzene rings is 1. The Morgan fingerprint density at radius 3 is 2.81 bits per heavy atom. The molecule has 2 atom stereocenters. The van der Waals surface area contributed by atoms with Crippen LogP contribution in [0.15, 0.2) is 30.3 Å². The lowest BCUT2D eigenvalue weighted by molar-refractivity contribution is -0.145. The fraction of sp³-hybridized carbons (Fsp3) is 0.500. The molecule has 21 heavy (non-hydrogen) atoms. The van der Waals surface area contributed by atoms with Crippen LogP contribution in [-0.2, 0) is 19.1 Å². The second kappa shape index (κ2) is 7.78. The van der Waals surface area contributed by atoms with Crippen LogP contribution in [0.1, 0.15) is 31.4 Å². The third-order valence-corrected chi connectivity index (χ3v) is 3.50. The molecule has 2 rings (SSSR count). The molecule has 1 aliphatic heterocycles. The Labute approximate surface area is 124 Å². The molecule has 0 radical (unpaired) electrons. The summed E-state index contributed by atoms with van der Waals surface area (Å²) in [5.41, 5.74) is 0.994. The Morgan fingerprint density at radius 2 is 2.10 bits per heavy atom. The lowest BCUT2D eigenvalue weighted by Gasteiger charge is -2.31. The highest BCUT2D eigenvalue weighted by Gasteiger charge is 2.33. The standard InChI is InChI=1S/C16H21NO4/c1-2-20-14(18)11-17-16(19)13-9-6-10-21-15(13)12-7-4-3-5-8-12/h3-5,7-8,13,15H,2,6,9-11H2,1H3,(H,17,19).